The predicted octanol–water partition coefficient (Wildman–Crippen LogP) is 3.25. The largest absolute Gasteiger partial charge is 0.462 e. The fraction of sp³-hybridized carbons (Fsp3) is 0.133. The summed E-state index contributed by atoms with van der Waals surface area (Å²) >= 11 is 1.21. The molecule has 5 heteroatoms. The SMILES string of the molecule is Cc1ccc(/C=C\C(=O)[C@H](C#N)C(=O)c2cccs2)o1. The number of aryl methyl sites for hydroxylation is 1. The van der Waals surface area contributed by atoms with Crippen molar-refractivity contribution >= 4 is 29.0 Å². The van der Waals surface area contributed by atoms with Gasteiger partial charge >= 0.3 is 0 Å². The smallest absolute Gasteiger partial charge is 0.197 e. The first kappa shape index (κ1) is 14.0. The number of hydrogen-bond acceptors (Lipinski definition) is 5. The van der Waals surface area contributed by atoms with Gasteiger partial charge in [0, 0.05) is 0 Å². The van der Waals surface area contributed by atoms with Crippen LogP contribution >= 0.6 is 11.3 Å². The lowest BCUT2D eigenvalue weighted by Crippen LogP contribution is -2.20. The highest BCUT2D eigenvalue weighted by molar-refractivity contribution is 7.12. The maximum Gasteiger partial charge on any atom is 0.197 e. The second-order valence-electron chi connectivity index (χ2n) is 4.09. The van der Waals surface area contributed by atoms with Crippen LogP contribution in [0, 0.1) is 24.2 Å². The molecule has 0 amide bonds. The third kappa shape index (κ3) is 3.11. The van der Waals surface area contributed by atoms with Gasteiger partial charge in [-0.1, -0.05) is 6.07 Å². The number of hydrogen-bond donors (Lipinski definition) is 0. The summed E-state index contributed by atoms with van der Waals surface area (Å²) in [6, 6.07) is 8.54. The first-order valence-corrected chi connectivity index (χ1v) is 6.75. The van der Waals surface area contributed by atoms with E-state index in [-0.39, 0.29) is 0 Å². The Bertz CT molecular complexity index is 689. The van der Waals surface area contributed by atoms with Crippen molar-refractivity contribution in [3.8, 4) is 6.07 Å². The summed E-state index contributed by atoms with van der Waals surface area (Å²) in [7, 11) is 0. The van der Waals surface area contributed by atoms with Crippen LogP contribution in [-0.4, -0.2) is 11.6 Å². The van der Waals surface area contributed by atoms with Crippen molar-refractivity contribution in [2.45, 2.75) is 6.92 Å². The minimum Gasteiger partial charge on any atom is -0.462 e. The molecule has 4 nitrogen and oxygen atoms in total. The third-order valence-electron chi connectivity index (χ3n) is 2.61. The van der Waals surface area contributed by atoms with Crippen LogP contribution in [0.5, 0.6) is 0 Å². The summed E-state index contributed by atoms with van der Waals surface area (Å²) in [6.07, 6.45) is 2.67. The van der Waals surface area contributed by atoms with Crippen LogP contribution < -0.4 is 0 Å². The highest BCUT2D eigenvalue weighted by Gasteiger charge is 2.26. The van der Waals surface area contributed by atoms with E-state index < -0.39 is 17.5 Å². The van der Waals surface area contributed by atoms with Gasteiger partial charge in [0.15, 0.2) is 17.5 Å². The molecule has 0 fully saturated rings. The molecule has 0 spiro atoms. The molecule has 0 bridgehead atoms. The fourth-order valence-corrected chi connectivity index (χ4v) is 2.31. The van der Waals surface area contributed by atoms with E-state index >= 15 is 0 Å². The summed E-state index contributed by atoms with van der Waals surface area (Å²) in [4.78, 5) is 24.3. The highest BCUT2D eigenvalue weighted by Crippen LogP contribution is 2.16. The molecule has 0 aromatic carbocycles. The Kier molecular flexibility index (Phi) is 4.28. The van der Waals surface area contributed by atoms with Gasteiger partial charge in [-0.2, -0.15) is 5.26 Å². The molecule has 2 aromatic rings. The second kappa shape index (κ2) is 6.13. The van der Waals surface area contributed by atoms with Crippen molar-refractivity contribution in [3.05, 3.63) is 52.1 Å². The van der Waals surface area contributed by atoms with Crippen LogP contribution in [-0.2, 0) is 4.79 Å². The zero-order valence-corrected chi connectivity index (χ0v) is 11.5. The number of Topliss-reactive ketones (excluding diaryl/α,β-unsaturated/α-hetero) is 1. The average Bonchev–Trinajstić information content (AvgIpc) is 3.08. The summed E-state index contributed by atoms with van der Waals surface area (Å²) in [5.41, 5.74) is 0. The topological polar surface area (TPSA) is 71.1 Å². The van der Waals surface area contributed by atoms with Crippen molar-refractivity contribution in [1.29, 1.82) is 5.26 Å². The lowest BCUT2D eigenvalue weighted by atomic mass is 9.99. The molecule has 2 heterocycles. The molecule has 0 radical (unpaired) electrons. The van der Waals surface area contributed by atoms with E-state index in [9.17, 15) is 9.59 Å². The summed E-state index contributed by atoms with van der Waals surface area (Å²) in [5, 5.41) is 10.8. The first-order chi connectivity index (χ1) is 9.61. The Labute approximate surface area is 120 Å². The predicted molar refractivity (Wildman–Crippen MR) is 75.2 cm³/mol. The van der Waals surface area contributed by atoms with Crippen molar-refractivity contribution < 1.29 is 14.0 Å². The molecule has 2 aromatic heterocycles. The Hall–Kier alpha value is -2.45. The molecule has 2 rings (SSSR count). The first-order valence-electron chi connectivity index (χ1n) is 5.87. The Balaban J connectivity index is 2.12. The Morgan fingerprint density at radius 2 is 2.20 bits per heavy atom. The highest BCUT2D eigenvalue weighted by atomic mass is 32.1. The number of nitriles is 1. The fourth-order valence-electron chi connectivity index (χ4n) is 1.62. The van der Waals surface area contributed by atoms with E-state index in [1.165, 1.54) is 23.5 Å². The number of furan rings is 1. The lowest BCUT2D eigenvalue weighted by molar-refractivity contribution is -0.115. The van der Waals surface area contributed by atoms with Crippen LogP contribution in [0.25, 0.3) is 6.08 Å². The molecular formula is C15H11NO3S. The van der Waals surface area contributed by atoms with Crippen LogP contribution in [0.15, 0.2) is 40.1 Å². The lowest BCUT2D eigenvalue weighted by Gasteiger charge is -2.01. The molecular weight excluding hydrogens is 274 g/mol. The molecule has 0 aliphatic carbocycles. The normalized spacial score (nSPS) is 12.2. The standard InChI is InChI=1S/C15H11NO3S/c1-10-4-5-11(19-10)6-7-13(17)12(9-16)15(18)14-3-2-8-20-14/h2-8,12H,1H3/b7-6-/t12-/m0/s1. The van der Waals surface area contributed by atoms with Crippen molar-refractivity contribution in [2.24, 2.45) is 5.92 Å². The van der Waals surface area contributed by atoms with Gasteiger partial charge in [-0.3, -0.25) is 9.59 Å². The molecule has 0 aliphatic heterocycles. The Morgan fingerprint density at radius 3 is 2.75 bits per heavy atom. The quantitative estimate of drug-likeness (QED) is 0.480. The summed E-state index contributed by atoms with van der Waals surface area (Å²) < 4.78 is 5.28. The number of carbonyl (C=O) groups is 2. The van der Waals surface area contributed by atoms with Gasteiger partial charge in [-0.05, 0) is 42.7 Å². The van der Waals surface area contributed by atoms with Crippen LogP contribution in [0.1, 0.15) is 21.2 Å². The van der Waals surface area contributed by atoms with Crippen LogP contribution in [0.4, 0.5) is 0 Å². The third-order valence-corrected chi connectivity index (χ3v) is 3.50. The molecule has 0 saturated heterocycles. The van der Waals surface area contributed by atoms with E-state index in [1.54, 1.807) is 42.6 Å². The van der Waals surface area contributed by atoms with E-state index in [0.29, 0.717) is 10.6 Å². The molecule has 1 atom stereocenters. The van der Waals surface area contributed by atoms with Crippen LogP contribution in [0.3, 0.4) is 0 Å². The maximum atomic E-state index is 12.0. The van der Waals surface area contributed by atoms with Crippen molar-refractivity contribution in [2.75, 3.05) is 0 Å². The van der Waals surface area contributed by atoms with Gasteiger partial charge in [0.25, 0.3) is 0 Å². The summed E-state index contributed by atoms with van der Waals surface area (Å²) in [5.74, 6) is -1.08. The minimum atomic E-state index is -1.30. The minimum absolute atomic E-state index is 0.409. The zero-order valence-electron chi connectivity index (χ0n) is 10.7. The maximum absolute atomic E-state index is 12.0. The van der Waals surface area contributed by atoms with E-state index in [2.05, 4.69) is 0 Å². The van der Waals surface area contributed by atoms with Gasteiger partial charge in [-0.25, -0.2) is 0 Å². The molecule has 0 N–H and O–H groups in total. The monoisotopic (exact) mass is 285 g/mol. The van der Waals surface area contributed by atoms with Crippen molar-refractivity contribution in [3.63, 3.8) is 0 Å². The number of thiophene rings is 1. The van der Waals surface area contributed by atoms with E-state index in [1.807, 2.05) is 0 Å². The number of ketones is 2. The average molecular weight is 285 g/mol. The zero-order chi connectivity index (χ0) is 14.5. The second-order valence-corrected chi connectivity index (χ2v) is 5.04. The van der Waals surface area contributed by atoms with Crippen LogP contribution in [0.2, 0.25) is 0 Å². The molecule has 0 aliphatic rings. The molecule has 20 heavy (non-hydrogen) atoms. The van der Waals surface area contributed by atoms with Gasteiger partial charge in [0.1, 0.15) is 11.5 Å². The van der Waals surface area contributed by atoms with Gasteiger partial charge in [0.05, 0.1) is 10.9 Å². The molecule has 0 unspecified atom stereocenters. The van der Waals surface area contributed by atoms with Gasteiger partial charge in [0.2, 0.25) is 0 Å². The van der Waals surface area contributed by atoms with Gasteiger partial charge in [-0.15, -0.1) is 11.3 Å². The van der Waals surface area contributed by atoms with Gasteiger partial charge < -0.3 is 4.42 Å². The van der Waals surface area contributed by atoms with E-state index in [0.717, 1.165) is 5.76 Å². The Morgan fingerprint density at radius 1 is 1.40 bits per heavy atom. The van der Waals surface area contributed by atoms with Crippen molar-refractivity contribution in [1.82, 2.24) is 0 Å². The number of rotatable bonds is 5. The van der Waals surface area contributed by atoms with E-state index in [4.69, 9.17) is 9.68 Å². The number of carbonyl (C=O) groups excluding carboxylic acids is 2. The molecule has 0 saturated carbocycles. The number of allylic oxidation sites excluding steroid dienone is 1. The summed E-state index contributed by atoms with van der Waals surface area (Å²) in [6.45, 7) is 1.79. The number of nitrogens with zero attached hydrogens (tertiary/aromatic N) is 1. The molecule has 100 valence electrons.